The van der Waals surface area contributed by atoms with Crippen molar-refractivity contribution < 1.29 is 37.1 Å². The lowest BCUT2D eigenvalue weighted by molar-refractivity contribution is -0.137. The number of carbonyl (C=O) groups excluding carboxylic acids is 5. The molecule has 266 valence electrons. The van der Waals surface area contributed by atoms with Crippen molar-refractivity contribution in [3.05, 3.63) is 131 Å². The molecule has 0 heterocycles. The summed E-state index contributed by atoms with van der Waals surface area (Å²) in [6.07, 6.45) is -1.08. The number of alkyl halides is 3. The van der Waals surface area contributed by atoms with E-state index in [2.05, 4.69) is 44.7 Å². The Kier molecular flexibility index (Phi) is 13.6. The van der Waals surface area contributed by atoms with Crippen LogP contribution in [0.1, 0.15) is 50.8 Å². The number of halogens is 3. The third kappa shape index (κ3) is 12.2. The second-order valence-electron chi connectivity index (χ2n) is 10.9. The fourth-order valence-electron chi connectivity index (χ4n) is 4.39. The number of nitrogens with one attached hydrogen (secondary N) is 5. The van der Waals surface area contributed by atoms with Crippen LogP contribution in [-0.2, 0) is 27.1 Å². The number of rotatable bonds is 15. The molecule has 51 heavy (non-hydrogen) atoms. The van der Waals surface area contributed by atoms with E-state index in [0.717, 1.165) is 29.8 Å². The molecule has 3 aromatic rings. The van der Waals surface area contributed by atoms with Gasteiger partial charge < -0.3 is 32.3 Å². The zero-order chi connectivity index (χ0) is 37.7. The van der Waals surface area contributed by atoms with Gasteiger partial charge in [0.1, 0.15) is 11.9 Å². The van der Waals surface area contributed by atoms with Gasteiger partial charge in [0.25, 0.3) is 11.8 Å². The fraction of sp³-hybridized carbons (Fsp3) is 0.167. The largest absolute Gasteiger partial charge is 0.416 e. The lowest BCUT2D eigenvalue weighted by Gasteiger charge is -2.16. The Balaban J connectivity index is 1.59. The van der Waals surface area contributed by atoms with E-state index < -0.39 is 53.7 Å². The van der Waals surface area contributed by atoms with Crippen LogP contribution in [0.25, 0.3) is 0 Å². The second kappa shape index (κ2) is 17.8. The van der Waals surface area contributed by atoms with Gasteiger partial charge in [-0.2, -0.15) is 13.2 Å². The Morgan fingerprint density at radius 2 is 1.65 bits per heavy atom. The first-order chi connectivity index (χ1) is 24.1. The first-order valence-electron chi connectivity index (χ1n) is 15.2. The lowest BCUT2D eigenvalue weighted by atomic mass is 10.1. The highest BCUT2D eigenvalue weighted by Crippen LogP contribution is 2.29. The van der Waals surface area contributed by atoms with Gasteiger partial charge in [0, 0.05) is 29.0 Å². The number of amides is 5. The molecule has 12 nitrogen and oxygen atoms in total. The van der Waals surface area contributed by atoms with Gasteiger partial charge in [0.15, 0.2) is 0 Å². The van der Waals surface area contributed by atoms with Crippen molar-refractivity contribution in [1.29, 1.82) is 0 Å². The van der Waals surface area contributed by atoms with E-state index in [0.29, 0.717) is 16.9 Å². The summed E-state index contributed by atoms with van der Waals surface area (Å²) < 4.78 is 39.3. The van der Waals surface area contributed by atoms with Gasteiger partial charge in [-0.15, -0.1) is 0 Å². The fourth-order valence-corrected chi connectivity index (χ4v) is 4.39. The minimum atomic E-state index is -4.61. The van der Waals surface area contributed by atoms with Gasteiger partial charge >= 0.3 is 6.18 Å². The minimum absolute atomic E-state index is 0.196. The highest BCUT2D eigenvalue weighted by atomic mass is 19.4. The van der Waals surface area contributed by atoms with Crippen molar-refractivity contribution in [3.8, 4) is 0 Å². The van der Waals surface area contributed by atoms with E-state index in [1.165, 1.54) is 24.4 Å². The molecule has 15 heteroatoms. The van der Waals surface area contributed by atoms with Gasteiger partial charge in [0.05, 0.1) is 23.9 Å². The molecule has 1 unspecified atom stereocenters. The third-order valence-corrected chi connectivity index (χ3v) is 7.04. The zero-order valence-electron chi connectivity index (χ0n) is 27.7. The average molecular weight is 704 g/mol. The summed E-state index contributed by atoms with van der Waals surface area (Å²) in [5, 5.41) is 13.2. The molecule has 0 bridgehead atoms. The number of aliphatic imine (C=N–C) groups is 1. The first kappa shape index (κ1) is 38.9. The van der Waals surface area contributed by atoms with Gasteiger partial charge in [0.2, 0.25) is 17.7 Å². The zero-order valence-corrected chi connectivity index (χ0v) is 27.7. The van der Waals surface area contributed by atoms with Crippen molar-refractivity contribution in [3.63, 3.8) is 0 Å². The number of anilines is 2. The van der Waals surface area contributed by atoms with Crippen molar-refractivity contribution in [2.24, 2.45) is 10.7 Å². The van der Waals surface area contributed by atoms with Crippen LogP contribution in [-0.4, -0.2) is 41.8 Å². The van der Waals surface area contributed by atoms with E-state index in [1.807, 2.05) is 0 Å². The lowest BCUT2D eigenvalue weighted by Crippen LogP contribution is -2.45. The van der Waals surface area contributed by atoms with Crippen LogP contribution < -0.4 is 32.3 Å². The maximum Gasteiger partial charge on any atom is 0.416 e. The number of nitrogens with two attached hydrogens (primary N) is 1. The summed E-state index contributed by atoms with van der Waals surface area (Å²) >= 11 is 0. The Bertz CT molecular complexity index is 1900. The molecule has 7 N–H and O–H groups in total. The van der Waals surface area contributed by atoms with Crippen LogP contribution >= 0.6 is 0 Å². The van der Waals surface area contributed by atoms with Crippen LogP contribution in [0, 0.1) is 6.92 Å². The second-order valence-corrected chi connectivity index (χ2v) is 10.9. The number of aryl methyl sites for hydroxylation is 1. The van der Waals surface area contributed by atoms with Crippen molar-refractivity contribution in [2.45, 2.75) is 39.0 Å². The van der Waals surface area contributed by atoms with Crippen LogP contribution in [0.3, 0.4) is 0 Å². The van der Waals surface area contributed by atoms with Gasteiger partial charge in [-0.3, -0.25) is 24.0 Å². The number of allylic oxidation sites excluding steroid dienone is 2. The summed E-state index contributed by atoms with van der Waals surface area (Å²) in [5.74, 6) is -3.13. The van der Waals surface area contributed by atoms with Gasteiger partial charge in [-0.05, 0) is 73.5 Å². The van der Waals surface area contributed by atoms with Crippen molar-refractivity contribution in [2.75, 3.05) is 10.6 Å². The van der Waals surface area contributed by atoms with Crippen LogP contribution in [0.4, 0.5) is 24.5 Å². The quantitative estimate of drug-likeness (QED) is 0.0984. The molecule has 0 aliphatic heterocycles. The van der Waals surface area contributed by atoms with Gasteiger partial charge in [-0.1, -0.05) is 43.5 Å². The molecule has 0 aliphatic carbocycles. The molecule has 0 saturated carbocycles. The van der Waals surface area contributed by atoms with E-state index in [4.69, 9.17) is 5.73 Å². The molecule has 0 saturated heterocycles. The molecular formula is C36H36F3N7O5. The van der Waals surface area contributed by atoms with Crippen molar-refractivity contribution >= 4 is 47.1 Å². The Labute approximate surface area is 291 Å². The number of primary amides is 1. The van der Waals surface area contributed by atoms with Crippen molar-refractivity contribution in [1.82, 2.24) is 16.0 Å². The SMILES string of the molecule is C=CC(=O)NC(CC(N)=O)C(=O)Nc1cccc(CNC(=C)/N=C\C(=C/C)NC(=O)c2cc(NC(=O)c3cccc(C(F)(F)F)c3)ccc2C)c1. The highest BCUT2D eigenvalue weighted by molar-refractivity contribution is 6.06. The predicted octanol–water partition coefficient (Wildman–Crippen LogP) is 4.72. The van der Waals surface area contributed by atoms with Crippen LogP contribution in [0.2, 0.25) is 0 Å². The standard InChI is InChI=1S/C36H36F3N7O5/c1-5-26(43-34(50)29-17-28(14-13-21(29)3)44-33(49)24-10-8-11-25(16-24)36(37,38)39)20-42-22(4)41-19-23-9-7-12-27(15-23)45-35(51)30(18-31(40)47)46-32(48)6-2/h5-17,20,30,41H,2,4,18-19H2,1,3H3,(H2,40,47)(H,43,50)(H,44,49)(H,45,51)(H,46,48)/b26-5+,42-20-. The molecule has 5 amide bonds. The summed E-state index contributed by atoms with van der Waals surface area (Å²) in [4.78, 5) is 65.8. The molecule has 0 fully saturated rings. The summed E-state index contributed by atoms with van der Waals surface area (Å²) in [6, 6.07) is 14.1. The topological polar surface area (TPSA) is 184 Å². The summed E-state index contributed by atoms with van der Waals surface area (Å²) in [7, 11) is 0. The molecular weight excluding hydrogens is 667 g/mol. The maximum atomic E-state index is 13.2. The number of nitrogens with zero attached hydrogens (tertiary/aromatic N) is 1. The maximum absolute atomic E-state index is 13.2. The molecule has 0 radical (unpaired) electrons. The van der Waals surface area contributed by atoms with Crippen LogP contribution in [0.15, 0.2) is 109 Å². The number of carbonyl (C=O) groups is 5. The van der Waals surface area contributed by atoms with Crippen LogP contribution in [0.5, 0.6) is 0 Å². The molecule has 3 aromatic carbocycles. The molecule has 0 aliphatic rings. The average Bonchev–Trinajstić information content (AvgIpc) is 3.09. The first-order valence-corrected chi connectivity index (χ1v) is 15.2. The van der Waals surface area contributed by atoms with E-state index in [-0.39, 0.29) is 29.2 Å². The smallest absolute Gasteiger partial charge is 0.370 e. The molecule has 3 rings (SSSR count). The molecule has 1 atom stereocenters. The number of hydrogen-bond acceptors (Lipinski definition) is 7. The summed E-state index contributed by atoms with van der Waals surface area (Å²) in [5.41, 5.74) is 6.47. The van der Waals surface area contributed by atoms with Gasteiger partial charge in [-0.25, -0.2) is 4.99 Å². The van der Waals surface area contributed by atoms with E-state index >= 15 is 0 Å². The normalized spacial score (nSPS) is 12.0. The molecule has 0 spiro atoms. The third-order valence-electron chi connectivity index (χ3n) is 7.04. The minimum Gasteiger partial charge on any atom is -0.370 e. The van der Waals surface area contributed by atoms with E-state index in [9.17, 15) is 37.1 Å². The monoisotopic (exact) mass is 703 g/mol. The van der Waals surface area contributed by atoms with E-state index in [1.54, 1.807) is 50.3 Å². The highest BCUT2D eigenvalue weighted by Gasteiger charge is 2.31. The number of benzene rings is 3. The Hall–Kier alpha value is -6.51. The summed E-state index contributed by atoms with van der Waals surface area (Å²) in [6.45, 7) is 10.8. The Morgan fingerprint density at radius 3 is 2.31 bits per heavy atom. The Morgan fingerprint density at radius 1 is 0.941 bits per heavy atom. The number of hydrogen-bond donors (Lipinski definition) is 6. The predicted molar refractivity (Wildman–Crippen MR) is 187 cm³/mol. The molecule has 0 aromatic heterocycles.